The van der Waals surface area contributed by atoms with Crippen molar-refractivity contribution in [2.75, 3.05) is 26.3 Å². The molecule has 2 unspecified atom stereocenters. The minimum Gasteiger partial charge on any atom is -0.387 e. The van der Waals surface area contributed by atoms with Crippen molar-refractivity contribution in [2.45, 2.75) is 31.7 Å². The van der Waals surface area contributed by atoms with E-state index in [0.717, 1.165) is 32.7 Å². The van der Waals surface area contributed by atoms with Crippen LogP contribution >= 0.6 is 0 Å². The van der Waals surface area contributed by atoms with Crippen LogP contribution in [0.4, 0.5) is 0 Å². The van der Waals surface area contributed by atoms with E-state index >= 15 is 0 Å². The number of nitrogens with two attached hydrogens (primary N) is 1. The van der Waals surface area contributed by atoms with Gasteiger partial charge in [-0.1, -0.05) is 0 Å². The Bertz CT molecular complexity index is 226. The molecule has 0 spiro atoms. The number of likely N-dealkylation sites (tertiary alicyclic amines) is 1. The van der Waals surface area contributed by atoms with E-state index in [1.165, 1.54) is 19.3 Å². The first-order valence-electron chi connectivity index (χ1n) is 5.93. The molecular formula is C11H21N3O. The molecule has 86 valence electrons. The molecule has 0 amide bonds. The average Bonchev–Trinajstić information content (AvgIpc) is 2.30. The molecule has 3 N–H and O–H groups in total. The van der Waals surface area contributed by atoms with Gasteiger partial charge >= 0.3 is 0 Å². The molecule has 0 bridgehead atoms. The Labute approximate surface area is 91.3 Å². The molecule has 0 aromatic rings. The summed E-state index contributed by atoms with van der Waals surface area (Å²) >= 11 is 0. The van der Waals surface area contributed by atoms with Gasteiger partial charge in [0.15, 0.2) is 0 Å². The molecule has 2 aliphatic rings. The molecule has 2 atom stereocenters. The SMILES string of the molecule is N=C(N)C1CCCN(C2CCCOC2)C1. The fourth-order valence-corrected chi connectivity index (χ4v) is 2.60. The molecule has 2 rings (SSSR count). The molecule has 0 aromatic carbocycles. The monoisotopic (exact) mass is 211 g/mol. The summed E-state index contributed by atoms with van der Waals surface area (Å²) in [6, 6.07) is 0.570. The Balaban J connectivity index is 1.88. The molecule has 0 aromatic heterocycles. The van der Waals surface area contributed by atoms with Gasteiger partial charge in [-0.3, -0.25) is 10.3 Å². The normalized spacial score (nSPS) is 33.9. The lowest BCUT2D eigenvalue weighted by Crippen LogP contribution is -2.48. The maximum atomic E-state index is 7.51. The number of nitrogens with zero attached hydrogens (tertiary/aromatic N) is 1. The summed E-state index contributed by atoms with van der Waals surface area (Å²) in [4.78, 5) is 2.47. The summed E-state index contributed by atoms with van der Waals surface area (Å²) < 4.78 is 5.50. The largest absolute Gasteiger partial charge is 0.387 e. The maximum absolute atomic E-state index is 7.51. The van der Waals surface area contributed by atoms with Crippen molar-refractivity contribution in [3.8, 4) is 0 Å². The number of hydrogen-bond donors (Lipinski definition) is 2. The number of nitrogens with one attached hydrogen (secondary N) is 1. The zero-order valence-electron chi connectivity index (χ0n) is 9.24. The van der Waals surface area contributed by atoms with E-state index in [0.29, 0.717) is 11.9 Å². The van der Waals surface area contributed by atoms with Crippen LogP contribution in [-0.2, 0) is 4.74 Å². The smallest absolute Gasteiger partial charge is 0.0949 e. The van der Waals surface area contributed by atoms with Crippen molar-refractivity contribution in [1.82, 2.24) is 4.90 Å². The first kappa shape index (κ1) is 10.9. The Morgan fingerprint density at radius 1 is 1.33 bits per heavy atom. The van der Waals surface area contributed by atoms with E-state index in [1.807, 2.05) is 0 Å². The molecule has 0 aliphatic carbocycles. The Kier molecular flexibility index (Phi) is 3.59. The highest BCUT2D eigenvalue weighted by molar-refractivity contribution is 5.79. The van der Waals surface area contributed by atoms with Gasteiger partial charge < -0.3 is 10.5 Å². The zero-order valence-corrected chi connectivity index (χ0v) is 9.24. The second-order valence-electron chi connectivity index (χ2n) is 4.66. The van der Waals surface area contributed by atoms with Crippen LogP contribution in [0.5, 0.6) is 0 Å². The van der Waals surface area contributed by atoms with Gasteiger partial charge in [0, 0.05) is 25.1 Å². The van der Waals surface area contributed by atoms with E-state index in [2.05, 4.69) is 4.90 Å². The highest BCUT2D eigenvalue weighted by atomic mass is 16.5. The van der Waals surface area contributed by atoms with Crippen LogP contribution in [0, 0.1) is 11.3 Å². The number of ether oxygens (including phenoxy) is 1. The van der Waals surface area contributed by atoms with Crippen LogP contribution in [0.3, 0.4) is 0 Å². The number of hydrogen-bond acceptors (Lipinski definition) is 3. The fourth-order valence-electron chi connectivity index (χ4n) is 2.60. The predicted molar refractivity (Wildman–Crippen MR) is 60.1 cm³/mol. The first-order valence-corrected chi connectivity index (χ1v) is 5.93. The van der Waals surface area contributed by atoms with Crippen molar-refractivity contribution in [1.29, 1.82) is 5.41 Å². The topological polar surface area (TPSA) is 62.3 Å². The van der Waals surface area contributed by atoms with Gasteiger partial charge in [0.05, 0.1) is 12.4 Å². The quantitative estimate of drug-likeness (QED) is 0.525. The number of amidine groups is 1. The summed E-state index contributed by atoms with van der Waals surface area (Å²) in [6.45, 7) is 3.90. The third-order valence-electron chi connectivity index (χ3n) is 3.55. The van der Waals surface area contributed by atoms with Crippen LogP contribution in [0.15, 0.2) is 0 Å². The minimum absolute atomic E-state index is 0.278. The van der Waals surface area contributed by atoms with Gasteiger partial charge in [0.1, 0.15) is 0 Å². The highest BCUT2D eigenvalue weighted by Gasteiger charge is 2.28. The lowest BCUT2D eigenvalue weighted by Gasteiger charge is -2.39. The second-order valence-corrected chi connectivity index (χ2v) is 4.66. The number of piperidine rings is 1. The molecule has 0 radical (unpaired) electrons. The van der Waals surface area contributed by atoms with E-state index in [9.17, 15) is 0 Å². The highest BCUT2D eigenvalue weighted by Crippen LogP contribution is 2.22. The van der Waals surface area contributed by atoms with Gasteiger partial charge in [-0.15, -0.1) is 0 Å². The van der Waals surface area contributed by atoms with Crippen molar-refractivity contribution >= 4 is 5.84 Å². The number of rotatable bonds is 2. The molecule has 4 nitrogen and oxygen atoms in total. The van der Waals surface area contributed by atoms with E-state index < -0.39 is 0 Å². The second kappa shape index (κ2) is 4.94. The van der Waals surface area contributed by atoms with Gasteiger partial charge in [-0.2, -0.15) is 0 Å². The fraction of sp³-hybridized carbons (Fsp3) is 0.909. The predicted octanol–water partition coefficient (Wildman–Crippen LogP) is 0.813. The van der Waals surface area contributed by atoms with Crippen LogP contribution in [0.1, 0.15) is 25.7 Å². The lowest BCUT2D eigenvalue weighted by molar-refractivity contribution is 0.00669. The third-order valence-corrected chi connectivity index (χ3v) is 3.55. The minimum atomic E-state index is 0.278. The van der Waals surface area contributed by atoms with E-state index in [4.69, 9.17) is 15.9 Å². The van der Waals surface area contributed by atoms with Crippen molar-refractivity contribution in [3.05, 3.63) is 0 Å². The van der Waals surface area contributed by atoms with Crippen molar-refractivity contribution < 1.29 is 4.74 Å². The summed E-state index contributed by atoms with van der Waals surface area (Å²) in [5.41, 5.74) is 5.58. The van der Waals surface area contributed by atoms with Crippen molar-refractivity contribution in [2.24, 2.45) is 11.7 Å². The maximum Gasteiger partial charge on any atom is 0.0949 e. The summed E-state index contributed by atoms with van der Waals surface area (Å²) in [6.07, 6.45) is 4.66. The molecule has 2 aliphatic heterocycles. The molecule has 4 heteroatoms. The van der Waals surface area contributed by atoms with Gasteiger partial charge in [0.25, 0.3) is 0 Å². The summed E-state index contributed by atoms with van der Waals surface area (Å²) in [7, 11) is 0. The first-order chi connectivity index (χ1) is 7.27. The molecule has 2 heterocycles. The standard InChI is InChI=1S/C11H21N3O/c12-11(13)9-3-1-5-14(7-9)10-4-2-6-15-8-10/h9-10H,1-8H2,(H3,12,13). The molecule has 2 fully saturated rings. The molecule has 15 heavy (non-hydrogen) atoms. The Morgan fingerprint density at radius 2 is 2.20 bits per heavy atom. The van der Waals surface area contributed by atoms with Gasteiger partial charge in [-0.25, -0.2) is 0 Å². The van der Waals surface area contributed by atoms with Gasteiger partial charge in [0.2, 0.25) is 0 Å². The van der Waals surface area contributed by atoms with Gasteiger partial charge in [-0.05, 0) is 32.2 Å². The van der Waals surface area contributed by atoms with E-state index in [1.54, 1.807) is 0 Å². The molecular weight excluding hydrogens is 190 g/mol. The van der Waals surface area contributed by atoms with Crippen molar-refractivity contribution in [3.63, 3.8) is 0 Å². The van der Waals surface area contributed by atoms with Crippen LogP contribution in [0.25, 0.3) is 0 Å². The lowest BCUT2D eigenvalue weighted by atomic mass is 9.94. The van der Waals surface area contributed by atoms with Crippen LogP contribution in [-0.4, -0.2) is 43.1 Å². The van der Waals surface area contributed by atoms with Crippen LogP contribution in [0.2, 0.25) is 0 Å². The van der Waals surface area contributed by atoms with Crippen LogP contribution < -0.4 is 5.73 Å². The zero-order chi connectivity index (χ0) is 10.7. The average molecular weight is 211 g/mol. The summed E-state index contributed by atoms with van der Waals surface area (Å²) in [5.74, 6) is 0.636. The molecule has 2 saturated heterocycles. The third kappa shape index (κ3) is 2.69. The molecule has 0 saturated carbocycles. The van der Waals surface area contributed by atoms with E-state index in [-0.39, 0.29) is 5.92 Å². The Hall–Kier alpha value is -0.610. The summed E-state index contributed by atoms with van der Waals surface area (Å²) in [5, 5.41) is 7.51. The Morgan fingerprint density at radius 3 is 2.87 bits per heavy atom.